The van der Waals surface area contributed by atoms with Gasteiger partial charge in [-0.25, -0.2) is 0 Å². The molecule has 1 saturated heterocycles. The first-order valence-corrected chi connectivity index (χ1v) is 7.98. The Hall–Kier alpha value is -1.34. The van der Waals surface area contributed by atoms with E-state index in [-0.39, 0.29) is 36.7 Å². The number of benzene rings is 1. The van der Waals surface area contributed by atoms with Crippen molar-refractivity contribution < 1.29 is 14.3 Å². The Bertz CT molecular complexity index is 559. The van der Waals surface area contributed by atoms with Crippen molar-refractivity contribution in [3.8, 4) is 0 Å². The summed E-state index contributed by atoms with van der Waals surface area (Å²) in [5.41, 5.74) is 6.11. The summed E-state index contributed by atoms with van der Waals surface area (Å²) in [5.74, 6) is -0.0477. The van der Waals surface area contributed by atoms with E-state index in [0.29, 0.717) is 43.3 Å². The second kappa shape index (κ2) is 9.84. The number of rotatable bonds is 5. The van der Waals surface area contributed by atoms with Crippen molar-refractivity contribution in [3.63, 3.8) is 0 Å². The van der Waals surface area contributed by atoms with E-state index in [9.17, 15) is 9.59 Å². The van der Waals surface area contributed by atoms with Crippen molar-refractivity contribution in [1.82, 2.24) is 9.80 Å². The summed E-state index contributed by atoms with van der Waals surface area (Å²) in [6.45, 7) is 2.38. The molecule has 0 radical (unpaired) electrons. The van der Waals surface area contributed by atoms with E-state index < -0.39 is 0 Å². The number of hydrogen-bond acceptors (Lipinski definition) is 4. The van der Waals surface area contributed by atoms with Gasteiger partial charge >= 0.3 is 0 Å². The van der Waals surface area contributed by atoms with Crippen molar-refractivity contribution in [2.45, 2.75) is 12.5 Å². The van der Waals surface area contributed by atoms with Crippen LogP contribution in [0.3, 0.4) is 0 Å². The van der Waals surface area contributed by atoms with Gasteiger partial charge in [-0.05, 0) is 18.2 Å². The van der Waals surface area contributed by atoms with E-state index in [1.54, 1.807) is 41.2 Å². The first-order chi connectivity index (χ1) is 11.0. The summed E-state index contributed by atoms with van der Waals surface area (Å²) in [4.78, 5) is 28.1. The normalized spacial score (nSPS) is 15.6. The van der Waals surface area contributed by atoms with Crippen LogP contribution in [-0.4, -0.2) is 67.6 Å². The van der Waals surface area contributed by atoms with Gasteiger partial charge in [0.1, 0.15) is 0 Å². The largest absolute Gasteiger partial charge is 0.380 e. The predicted octanol–water partition coefficient (Wildman–Crippen LogP) is 1.41. The van der Waals surface area contributed by atoms with Gasteiger partial charge in [-0.3, -0.25) is 9.59 Å². The van der Waals surface area contributed by atoms with Crippen LogP contribution in [0.4, 0.5) is 0 Å². The SMILES string of the molecule is COC(CN)CC(=O)N1CCN(C(=O)c2cccc(Cl)c2)CC1.Cl. The van der Waals surface area contributed by atoms with E-state index in [2.05, 4.69) is 0 Å². The van der Waals surface area contributed by atoms with Gasteiger partial charge in [0.2, 0.25) is 5.91 Å². The van der Waals surface area contributed by atoms with Crippen LogP contribution >= 0.6 is 24.0 Å². The minimum absolute atomic E-state index is 0. The van der Waals surface area contributed by atoms with Crippen LogP contribution in [0.5, 0.6) is 0 Å². The first kappa shape index (κ1) is 20.7. The highest BCUT2D eigenvalue weighted by molar-refractivity contribution is 6.30. The number of nitrogens with two attached hydrogens (primary N) is 1. The summed E-state index contributed by atoms with van der Waals surface area (Å²) in [6, 6.07) is 6.90. The van der Waals surface area contributed by atoms with Gasteiger partial charge in [0.25, 0.3) is 5.91 Å². The number of methoxy groups -OCH3 is 1. The highest BCUT2D eigenvalue weighted by atomic mass is 35.5. The third kappa shape index (κ3) is 5.34. The molecule has 0 aliphatic carbocycles. The van der Waals surface area contributed by atoms with E-state index in [1.165, 1.54) is 0 Å². The lowest BCUT2D eigenvalue weighted by atomic mass is 10.1. The van der Waals surface area contributed by atoms with E-state index in [1.807, 2.05) is 0 Å². The molecule has 1 heterocycles. The van der Waals surface area contributed by atoms with Gasteiger partial charge in [-0.15, -0.1) is 12.4 Å². The van der Waals surface area contributed by atoms with Crippen molar-refractivity contribution in [1.29, 1.82) is 0 Å². The molecule has 1 fully saturated rings. The molecule has 1 unspecified atom stereocenters. The van der Waals surface area contributed by atoms with Gasteiger partial charge in [0, 0.05) is 50.4 Å². The number of nitrogens with zero attached hydrogens (tertiary/aromatic N) is 2. The summed E-state index contributed by atoms with van der Waals surface area (Å²) in [6.07, 6.45) is 0.0171. The summed E-state index contributed by atoms with van der Waals surface area (Å²) in [5, 5.41) is 0.539. The summed E-state index contributed by atoms with van der Waals surface area (Å²) < 4.78 is 5.14. The Kier molecular flexibility index (Phi) is 8.48. The van der Waals surface area contributed by atoms with Gasteiger partial charge in [0.05, 0.1) is 12.5 Å². The number of amides is 2. The highest BCUT2D eigenvalue weighted by Gasteiger charge is 2.26. The molecule has 1 aromatic rings. The number of halogens is 2. The molecule has 6 nitrogen and oxygen atoms in total. The lowest BCUT2D eigenvalue weighted by Gasteiger charge is -2.35. The summed E-state index contributed by atoms with van der Waals surface area (Å²) in [7, 11) is 1.55. The van der Waals surface area contributed by atoms with Crippen LogP contribution in [0.25, 0.3) is 0 Å². The van der Waals surface area contributed by atoms with Gasteiger partial charge in [0.15, 0.2) is 0 Å². The molecule has 134 valence electrons. The van der Waals surface area contributed by atoms with Crippen molar-refractivity contribution in [2.24, 2.45) is 5.73 Å². The zero-order chi connectivity index (χ0) is 16.8. The molecule has 0 aromatic heterocycles. The zero-order valence-corrected chi connectivity index (χ0v) is 15.2. The van der Waals surface area contributed by atoms with Crippen molar-refractivity contribution in [3.05, 3.63) is 34.9 Å². The number of ether oxygens (including phenoxy) is 1. The number of piperazine rings is 1. The molecule has 0 saturated carbocycles. The van der Waals surface area contributed by atoms with Gasteiger partial charge in [-0.2, -0.15) is 0 Å². The highest BCUT2D eigenvalue weighted by Crippen LogP contribution is 2.14. The maximum absolute atomic E-state index is 12.4. The van der Waals surface area contributed by atoms with Crippen LogP contribution in [0.2, 0.25) is 5.02 Å². The lowest BCUT2D eigenvalue weighted by Crippen LogP contribution is -2.51. The maximum Gasteiger partial charge on any atom is 0.254 e. The second-order valence-corrected chi connectivity index (χ2v) is 5.92. The molecule has 2 rings (SSSR count). The number of carbonyl (C=O) groups excluding carboxylic acids is 2. The molecule has 2 amide bonds. The standard InChI is InChI=1S/C16H22ClN3O3.ClH/c1-23-14(11-18)10-15(21)19-5-7-20(8-6-19)16(22)12-3-2-4-13(17)9-12;/h2-4,9,14H,5-8,10-11,18H2,1H3;1H. The van der Waals surface area contributed by atoms with Crippen LogP contribution in [0.1, 0.15) is 16.8 Å². The Balaban J connectivity index is 0.00000288. The van der Waals surface area contributed by atoms with Crippen molar-refractivity contribution in [2.75, 3.05) is 39.8 Å². The van der Waals surface area contributed by atoms with E-state index >= 15 is 0 Å². The average molecular weight is 376 g/mol. The molecule has 1 aliphatic rings. The Labute approximate surface area is 153 Å². The fourth-order valence-corrected chi connectivity index (χ4v) is 2.74. The fraction of sp³-hybridized carbons (Fsp3) is 0.500. The molecule has 1 aliphatic heterocycles. The molecule has 0 bridgehead atoms. The first-order valence-electron chi connectivity index (χ1n) is 7.60. The van der Waals surface area contributed by atoms with Crippen LogP contribution in [0.15, 0.2) is 24.3 Å². The van der Waals surface area contributed by atoms with E-state index in [4.69, 9.17) is 22.1 Å². The Morgan fingerprint density at radius 2 is 1.88 bits per heavy atom. The van der Waals surface area contributed by atoms with Gasteiger partial charge < -0.3 is 20.3 Å². The molecular formula is C16H23Cl2N3O3. The maximum atomic E-state index is 12.4. The number of carbonyl (C=O) groups is 2. The van der Waals surface area contributed by atoms with Crippen LogP contribution in [0, 0.1) is 0 Å². The third-order valence-corrected chi connectivity index (χ3v) is 4.22. The molecule has 8 heteroatoms. The number of hydrogen-bond donors (Lipinski definition) is 1. The zero-order valence-electron chi connectivity index (χ0n) is 13.6. The average Bonchev–Trinajstić information content (AvgIpc) is 2.59. The second-order valence-electron chi connectivity index (χ2n) is 5.48. The Morgan fingerprint density at radius 3 is 2.42 bits per heavy atom. The minimum Gasteiger partial charge on any atom is -0.380 e. The molecule has 24 heavy (non-hydrogen) atoms. The van der Waals surface area contributed by atoms with Crippen LogP contribution < -0.4 is 5.73 Å². The van der Waals surface area contributed by atoms with E-state index in [0.717, 1.165) is 0 Å². The lowest BCUT2D eigenvalue weighted by molar-refractivity contribution is -0.135. The quantitative estimate of drug-likeness (QED) is 0.843. The van der Waals surface area contributed by atoms with Crippen molar-refractivity contribution >= 4 is 35.8 Å². The Morgan fingerprint density at radius 1 is 1.25 bits per heavy atom. The van der Waals surface area contributed by atoms with Gasteiger partial charge in [-0.1, -0.05) is 17.7 Å². The topological polar surface area (TPSA) is 75.9 Å². The minimum atomic E-state index is -0.256. The molecular weight excluding hydrogens is 353 g/mol. The summed E-state index contributed by atoms with van der Waals surface area (Å²) >= 11 is 5.92. The monoisotopic (exact) mass is 375 g/mol. The third-order valence-electron chi connectivity index (χ3n) is 3.99. The van der Waals surface area contributed by atoms with Crippen LogP contribution in [-0.2, 0) is 9.53 Å². The predicted molar refractivity (Wildman–Crippen MR) is 95.7 cm³/mol. The fourth-order valence-electron chi connectivity index (χ4n) is 2.55. The molecule has 1 atom stereocenters. The molecule has 1 aromatic carbocycles. The smallest absolute Gasteiger partial charge is 0.254 e. The molecule has 0 spiro atoms. The molecule has 2 N–H and O–H groups in total.